The number of likely N-dealkylation sites (N-methyl/N-ethyl adjacent to an activating group) is 1. The molecule has 0 aliphatic heterocycles. The van der Waals surface area contributed by atoms with E-state index in [1.54, 1.807) is 13.8 Å². The van der Waals surface area contributed by atoms with Crippen LogP contribution >= 0.6 is 8.09 Å². The summed E-state index contributed by atoms with van der Waals surface area (Å²) in [5.74, 6) is -0.486. The molecule has 0 aromatic rings. The number of nitrogens with zero attached hydrogens (tertiary/aromatic N) is 2. The molecule has 0 aromatic heterocycles. The molecule has 0 fully saturated rings. The molecule has 8 heteroatoms. The van der Waals surface area contributed by atoms with Crippen LogP contribution in [0.5, 0.6) is 0 Å². The normalized spacial score (nSPS) is 13.1. The van der Waals surface area contributed by atoms with Crippen LogP contribution < -0.4 is 0 Å². The van der Waals surface area contributed by atoms with Crippen LogP contribution in [0.25, 0.3) is 0 Å². The van der Waals surface area contributed by atoms with Gasteiger partial charge in [-0.3, -0.25) is 0 Å². The molecule has 100 valence electrons. The van der Waals surface area contributed by atoms with E-state index in [0.717, 1.165) is 9.57 Å². The van der Waals surface area contributed by atoms with Crippen LogP contribution in [0.3, 0.4) is 0 Å². The molecule has 3 N–H and O–H groups in total. The molecular formula is C9H19N2O5P. The van der Waals surface area contributed by atoms with E-state index in [0.29, 0.717) is 6.41 Å². The molecule has 0 radical (unpaired) electrons. The molecule has 0 aliphatic carbocycles. The van der Waals surface area contributed by atoms with E-state index in [1.807, 2.05) is 0 Å². The number of allylic oxidation sites excluding steroid dienone is 1. The molecule has 0 bridgehead atoms. The van der Waals surface area contributed by atoms with Gasteiger partial charge in [-0.2, -0.15) is 0 Å². The summed E-state index contributed by atoms with van der Waals surface area (Å²) in [7, 11) is -4.36. The maximum atomic E-state index is 11.3. The van der Waals surface area contributed by atoms with Crippen molar-refractivity contribution in [3.05, 3.63) is 12.2 Å². The summed E-state index contributed by atoms with van der Waals surface area (Å²) in [5.41, 5.74) is 0. The van der Waals surface area contributed by atoms with Gasteiger partial charge in [-0.1, -0.05) is 0 Å². The summed E-state index contributed by atoms with van der Waals surface area (Å²) >= 11 is 0. The van der Waals surface area contributed by atoms with Gasteiger partial charge >= 0.3 is 99.9 Å². The summed E-state index contributed by atoms with van der Waals surface area (Å²) in [6.07, 6.45) is 3.09. The number of carbonyl (C=O) groups is 2. The van der Waals surface area contributed by atoms with E-state index in [-0.39, 0.29) is 19.6 Å². The van der Waals surface area contributed by atoms with E-state index in [4.69, 9.17) is 14.7 Å². The topological polar surface area (TPSA) is 101 Å². The number of amides is 2. The SMILES string of the molecule is C/C=C\C(=O)N(C=O)CCN(CC)[PH](O)(O)O. The van der Waals surface area contributed by atoms with E-state index in [2.05, 4.69) is 0 Å². The van der Waals surface area contributed by atoms with Crippen molar-refractivity contribution in [3.63, 3.8) is 0 Å². The summed E-state index contributed by atoms with van der Waals surface area (Å²) in [6.45, 7) is 3.47. The maximum absolute atomic E-state index is 11.3. The van der Waals surface area contributed by atoms with Gasteiger partial charge in [0.05, 0.1) is 0 Å². The zero-order valence-corrected chi connectivity index (χ0v) is 10.9. The fourth-order valence-corrected chi connectivity index (χ4v) is 2.03. The van der Waals surface area contributed by atoms with Gasteiger partial charge in [0.1, 0.15) is 0 Å². The van der Waals surface area contributed by atoms with Crippen LogP contribution in [0.15, 0.2) is 12.2 Å². The Kier molecular flexibility index (Phi) is 7.10. The Bertz CT molecular complexity index is 290. The first kappa shape index (κ1) is 16.1. The predicted octanol–water partition coefficient (Wildman–Crippen LogP) is -0.744. The van der Waals surface area contributed by atoms with Gasteiger partial charge in [0.2, 0.25) is 0 Å². The van der Waals surface area contributed by atoms with Crippen molar-refractivity contribution in [2.45, 2.75) is 13.8 Å². The van der Waals surface area contributed by atoms with Gasteiger partial charge in [-0.05, 0) is 0 Å². The van der Waals surface area contributed by atoms with Gasteiger partial charge in [0.15, 0.2) is 0 Å². The summed E-state index contributed by atoms with van der Waals surface area (Å²) < 4.78 is 1.03. The third-order valence-electron chi connectivity index (χ3n) is 2.14. The van der Waals surface area contributed by atoms with Crippen LogP contribution in [0.4, 0.5) is 0 Å². The van der Waals surface area contributed by atoms with Crippen molar-refractivity contribution in [3.8, 4) is 0 Å². The second-order valence-electron chi connectivity index (χ2n) is 3.32. The van der Waals surface area contributed by atoms with Gasteiger partial charge in [-0.15, -0.1) is 0 Å². The molecule has 0 saturated carbocycles. The average Bonchev–Trinajstić information content (AvgIpc) is 2.23. The zero-order valence-electron chi connectivity index (χ0n) is 9.91. The number of hydrogen-bond acceptors (Lipinski definition) is 6. The Morgan fingerprint density at radius 2 is 1.88 bits per heavy atom. The van der Waals surface area contributed by atoms with Gasteiger partial charge in [0, 0.05) is 0 Å². The molecule has 0 atom stereocenters. The molecule has 0 rings (SSSR count). The monoisotopic (exact) mass is 266 g/mol. The molecule has 7 nitrogen and oxygen atoms in total. The quantitative estimate of drug-likeness (QED) is 0.318. The average molecular weight is 266 g/mol. The molecule has 0 aromatic carbocycles. The number of hydrogen-bond donors (Lipinski definition) is 3. The van der Waals surface area contributed by atoms with Crippen LogP contribution in [0, 0.1) is 0 Å². The third kappa shape index (κ3) is 5.86. The molecule has 0 aliphatic rings. The van der Waals surface area contributed by atoms with Crippen LogP contribution in [0.2, 0.25) is 0 Å². The first-order chi connectivity index (χ1) is 7.86. The molecule has 2 amide bonds. The molecular weight excluding hydrogens is 247 g/mol. The van der Waals surface area contributed by atoms with Gasteiger partial charge in [0.25, 0.3) is 0 Å². The first-order valence-corrected chi connectivity index (χ1v) is 6.96. The fourth-order valence-electron chi connectivity index (χ4n) is 1.20. The van der Waals surface area contributed by atoms with E-state index < -0.39 is 14.0 Å². The first-order valence-electron chi connectivity index (χ1n) is 5.17. The predicted molar refractivity (Wildman–Crippen MR) is 64.8 cm³/mol. The summed E-state index contributed by atoms with van der Waals surface area (Å²) in [4.78, 5) is 50.1. The molecule has 0 unspecified atom stereocenters. The Balaban J connectivity index is 4.41. The van der Waals surface area contributed by atoms with Crippen molar-refractivity contribution in [2.24, 2.45) is 0 Å². The molecule has 0 heterocycles. The fraction of sp³-hybridized carbons (Fsp3) is 0.556. The molecule has 17 heavy (non-hydrogen) atoms. The summed E-state index contributed by atoms with van der Waals surface area (Å²) in [6, 6.07) is 0. The number of imide groups is 1. The standard InChI is InChI=1S/C9H19N2O5P/c1-3-5-9(13)10(8-12)6-7-11(4-2)17(14,15)16/h3,5,8,14-17H,4,6-7H2,1-2H3/b5-3-. The van der Waals surface area contributed by atoms with E-state index in [9.17, 15) is 9.59 Å². The zero-order chi connectivity index (χ0) is 13.5. The van der Waals surface area contributed by atoms with Crippen molar-refractivity contribution in [2.75, 3.05) is 19.6 Å². The van der Waals surface area contributed by atoms with Crippen molar-refractivity contribution < 1.29 is 24.3 Å². The Morgan fingerprint density at radius 3 is 2.24 bits per heavy atom. The second kappa shape index (κ2) is 7.47. The van der Waals surface area contributed by atoms with E-state index >= 15 is 0 Å². The Labute approximate surface area is 101 Å². The molecule has 0 saturated heterocycles. The number of rotatable bonds is 7. The van der Waals surface area contributed by atoms with Crippen molar-refractivity contribution >= 4 is 20.4 Å². The van der Waals surface area contributed by atoms with Crippen LogP contribution in [0.1, 0.15) is 13.8 Å². The third-order valence-corrected chi connectivity index (χ3v) is 3.52. The van der Waals surface area contributed by atoms with E-state index in [1.165, 1.54) is 12.2 Å². The van der Waals surface area contributed by atoms with Crippen LogP contribution in [-0.4, -0.2) is 56.2 Å². The minimum atomic E-state index is -4.36. The number of carbonyl (C=O) groups excluding carboxylic acids is 2. The van der Waals surface area contributed by atoms with Gasteiger partial charge < -0.3 is 0 Å². The second-order valence-corrected chi connectivity index (χ2v) is 5.15. The van der Waals surface area contributed by atoms with Gasteiger partial charge in [-0.25, -0.2) is 0 Å². The van der Waals surface area contributed by atoms with Crippen molar-refractivity contribution in [1.29, 1.82) is 0 Å². The minimum absolute atomic E-state index is 0.00819. The Morgan fingerprint density at radius 1 is 1.29 bits per heavy atom. The summed E-state index contributed by atoms with van der Waals surface area (Å²) in [5, 5.41) is 0. The van der Waals surface area contributed by atoms with Crippen LogP contribution in [-0.2, 0) is 9.59 Å². The van der Waals surface area contributed by atoms with Crippen molar-refractivity contribution in [1.82, 2.24) is 9.57 Å². The molecule has 0 spiro atoms. The Hall–Kier alpha value is -0.850.